The molecule has 0 saturated carbocycles. The fourth-order valence-corrected chi connectivity index (χ4v) is 2.01. The van der Waals surface area contributed by atoms with Gasteiger partial charge in [0.25, 0.3) is 0 Å². The minimum Gasteiger partial charge on any atom is -0.210 e. The number of hydrogen-bond donors (Lipinski definition) is 2. The molecule has 0 aliphatic heterocycles. The van der Waals surface area contributed by atoms with Gasteiger partial charge in [-0.05, 0) is 12.2 Å². The van der Waals surface area contributed by atoms with Crippen molar-refractivity contribution in [2.45, 2.75) is 12.5 Å². The summed E-state index contributed by atoms with van der Waals surface area (Å²) in [4.78, 5) is 0. The first-order valence-corrected chi connectivity index (χ1v) is 6.29. The lowest BCUT2D eigenvalue weighted by molar-refractivity contribution is 1.10. The van der Waals surface area contributed by atoms with E-state index in [1.165, 1.54) is 12.5 Å². The predicted molar refractivity (Wildman–Crippen MR) is 40.8 cm³/mol. The summed E-state index contributed by atoms with van der Waals surface area (Å²) in [6, 6.07) is 1.34. The van der Waals surface area contributed by atoms with Crippen LogP contribution in [0.4, 0.5) is 0 Å². The maximum absolute atomic E-state index is 4.16. The molecule has 0 unspecified atom stereocenters. The molecule has 0 fully saturated rings. The Labute approximate surface area is 52.0 Å². The molecule has 0 rings (SSSR count). The largest absolute Gasteiger partial charge is 0.210 e. The molecule has 6 heavy (non-hydrogen) atoms. The summed E-state index contributed by atoms with van der Waals surface area (Å²) >= 11 is 8.20. The van der Waals surface area contributed by atoms with Gasteiger partial charge in [0, 0.05) is 0 Å². The van der Waals surface area contributed by atoms with Gasteiger partial charge < -0.3 is 0 Å². The van der Waals surface area contributed by atoms with Gasteiger partial charge in [0.2, 0.25) is 0 Å². The Bertz CT molecular complexity index is 20.8. The van der Waals surface area contributed by atoms with Gasteiger partial charge in [-0.25, -0.2) is 12.1 Å². The monoisotopic (exact) mass is 138 g/mol. The molecule has 0 aliphatic rings. The molecular weight excluding hydrogens is 128 g/mol. The summed E-state index contributed by atoms with van der Waals surface area (Å²) in [5, 5.41) is 0. The third-order valence-corrected chi connectivity index (χ3v) is 2.65. The highest BCUT2D eigenvalue weighted by molar-refractivity contribution is 8.06. The third-order valence-electron chi connectivity index (χ3n) is 0.566. The van der Waals surface area contributed by atoms with Crippen molar-refractivity contribution < 1.29 is 0 Å². The van der Waals surface area contributed by atoms with E-state index < -0.39 is 0 Å². The van der Waals surface area contributed by atoms with E-state index in [-0.39, 0.29) is 8.67 Å². The molecule has 0 saturated heterocycles. The molecule has 0 N–H and O–H groups in total. The molecule has 0 aromatic carbocycles. The molecule has 0 bridgehead atoms. The average molecular weight is 138 g/mol. The number of rotatable bonds is 3. The molecule has 0 aromatic heterocycles. The van der Waals surface area contributed by atoms with Crippen molar-refractivity contribution in [3.8, 4) is 0 Å². The highest BCUT2D eigenvalue weighted by Crippen LogP contribution is 1.90. The van der Waals surface area contributed by atoms with E-state index in [0.717, 1.165) is 5.75 Å². The van der Waals surface area contributed by atoms with Crippen LogP contribution < -0.4 is 0 Å². The van der Waals surface area contributed by atoms with Gasteiger partial charge in [-0.3, -0.25) is 0 Å². The van der Waals surface area contributed by atoms with E-state index in [9.17, 15) is 0 Å². The molecule has 0 spiro atoms. The molecule has 0 heterocycles. The highest BCUT2D eigenvalue weighted by atomic mass is 32.3. The fraction of sp³-hybridized carbons (Fsp3) is 1.00. The van der Waals surface area contributed by atoms with Gasteiger partial charge >= 0.3 is 0 Å². The lowest BCUT2D eigenvalue weighted by Gasteiger charge is -1.84. The summed E-state index contributed by atoms with van der Waals surface area (Å²) in [5.74, 6) is 1.04. The zero-order valence-electron chi connectivity index (χ0n) is 3.72. The Morgan fingerprint density at radius 1 is 1.50 bits per heavy atom. The lowest BCUT2D eigenvalue weighted by atomic mass is 10.6. The maximum atomic E-state index is 4.16. The summed E-state index contributed by atoms with van der Waals surface area (Å²) in [6.07, 6.45) is 1.26. The van der Waals surface area contributed by atoms with Crippen molar-refractivity contribution in [2.24, 2.45) is 0 Å². The summed E-state index contributed by atoms with van der Waals surface area (Å²) < 4.78 is 0. The summed E-state index contributed by atoms with van der Waals surface area (Å²) in [5.41, 5.74) is 0. The van der Waals surface area contributed by atoms with Crippen LogP contribution in [0.5, 0.6) is 0 Å². The first-order valence-electron chi connectivity index (χ1n) is 2.13. The maximum Gasteiger partial charge on any atom is 0.0813 e. The minimum absolute atomic E-state index is 0.0485. The van der Waals surface area contributed by atoms with Gasteiger partial charge in [0.1, 0.15) is 0 Å². The Morgan fingerprint density at radius 3 is 2.33 bits per heavy atom. The topological polar surface area (TPSA) is 0 Å². The van der Waals surface area contributed by atoms with Crippen molar-refractivity contribution in [2.75, 3.05) is 5.75 Å². The minimum atomic E-state index is 0.0485. The van der Waals surface area contributed by atoms with Crippen LogP contribution in [0, 0.1) is 0 Å². The van der Waals surface area contributed by atoms with Gasteiger partial charge in [-0.15, -0.1) is 0 Å². The van der Waals surface area contributed by atoms with E-state index in [0.29, 0.717) is 0 Å². The SMILES string of the molecule is SCCC[SiH2]S. The molecule has 0 atom stereocenters. The summed E-state index contributed by atoms with van der Waals surface area (Å²) in [7, 11) is 0.0485. The van der Waals surface area contributed by atoms with E-state index in [1.54, 1.807) is 0 Å². The molecule has 38 valence electrons. The average Bonchev–Trinajstić information content (AvgIpc) is 1.61. The smallest absolute Gasteiger partial charge is 0.0813 e. The van der Waals surface area contributed by atoms with Crippen molar-refractivity contribution in [3.63, 3.8) is 0 Å². The molecule has 0 nitrogen and oxygen atoms in total. The van der Waals surface area contributed by atoms with Crippen LogP contribution in [-0.2, 0) is 0 Å². The van der Waals surface area contributed by atoms with Crippen LogP contribution in [0.1, 0.15) is 6.42 Å². The number of thiol groups is 2. The second-order valence-electron chi connectivity index (χ2n) is 1.15. The van der Waals surface area contributed by atoms with E-state index >= 15 is 0 Å². The molecule has 3 heteroatoms. The molecule has 0 radical (unpaired) electrons. The lowest BCUT2D eigenvalue weighted by Crippen LogP contribution is -1.77. The highest BCUT2D eigenvalue weighted by Gasteiger charge is 1.77. The van der Waals surface area contributed by atoms with E-state index in [2.05, 4.69) is 24.7 Å². The molecule has 0 aromatic rings. The van der Waals surface area contributed by atoms with Gasteiger partial charge in [0.05, 0.1) is 8.67 Å². The normalized spacial score (nSPS) is 11.0. The zero-order chi connectivity index (χ0) is 4.83. The van der Waals surface area contributed by atoms with Gasteiger partial charge in [-0.2, -0.15) is 12.6 Å². The standard InChI is InChI=1S/C3H10S2Si/c4-2-1-3-6-5/h4-5H,1-3,6H2. The Kier molecular flexibility index (Phi) is 6.82. The fourth-order valence-electron chi connectivity index (χ4n) is 0.224. The van der Waals surface area contributed by atoms with Crippen LogP contribution in [0.15, 0.2) is 0 Å². The van der Waals surface area contributed by atoms with Crippen molar-refractivity contribution in [3.05, 3.63) is 0 Å². The second kappa shape index (κ2) is 5.92. The number of hydrogen-bond acceptors (Lipinski definition) is 2. The van der Waals surface area contributed by atoms with Crippen molar-refractivity contribution in [1.82, 2.24) is 0 Å². The zero-order valence-corrected chi connectivity index (χ0v) is 6.93. The summed E-state index contributed by atoms with van der Waals surface area (Å²) in [6.45, 7) is 0. The predicted octanol–water partition coefficient (Wildman–Crippen LogP) is 0.738. The van der Waals surface area contributed by atoms with Crippen LogP contribution in [0.3, 0.4) is 0 Å². The van der Waals surface area contributed by atoms with Gasteiger partial charge in [0.15, 0.2) is 0 Å². The molecule has 0 aliphatic carbocycles. The third kappa shape index (κ3) is 4.92. The van der Waals surface area contributed by atoms with Crippen LogP contribution >= 0.6 is 24.7 Å². The first-order chi connectivity index (χ1) is 2.91. The van der Waals surface area contributed by atoms with Crippen molar-refractivity contribution in [1.29, 1.82) is 0 Å². The molecular formula is C3H10S2Si. The van der Waals surface area contributed by atoms with Crippen LogP contribution in [0.25, 0.3) is 0 Å². The van der Waals surface area contributed by atoms with Crippen LogP contribution in [0.2, 0.25) is 6.04 Å². The Morgan fingerprint density at radius 2 is 2.17 bits per heavy atom. The first kappa shape index (κ1) is 6.92. The Hall–Kier alpha value is 0.917. The van der Waals surface area contributed by atoms with Crippen molar-refractivity contribution >= 4 is 33.4 Å². The molecule has 0 amide bonds. The Balaban J connectivity index is 2.34. The second-order valence-corrected chi connectivity index (χ2v) is 4.10. The quantitative estimate of drug-likeness (QED) is 0.321. The van der Waals surface area contributed by atoms with E-state index in [4.69, 9.17) is 0 Å². The van der Waals surface area contributed by atoms with Crippen LogP contribution in [-0.4, -0.2) is 14.4 Å². The van der Waals surface area contributed by atoms with Gasteiger partial charge in [-0.1, -0.05) is 6.04 Å². The van der Waals surface area contributed by atoms with E-state index in [1.807, 2.05) is 0 Å².